The Hall–Kier alpha value is -1.54. The standard InChI is InChI=1S/C10H17FN3O4/c1-5(4-15)14-9(16)7(12)3-2-6(11)8(13)10(17)18/h5-8H,2-3,12-13H2,1H3,(H,14,16)(H,17,18)/t5-,6?,7-,8?/m0/s1. The van der Waals surface area contributed by atoms with Crippen LogP contribution in [0.1, 0.15) is 19.8 Å². The van der Waals surface area contributed by atoms with Crippen molar-refractivity contribution in [2.24, 2.45) is 11.5 Å². The Kier molecular flexibility index (Phi) is 7.06. The third-order valence-corrected chi connectivity index (χ3v) is 2.30. The van der Waals surface area contributed by atoms with Gasteiger partial charge in [0.05, 0.1) is 12.1 Å². The number of rotatable bonds is 8. The maximum atomic E-state index is 13.2. The number of aliphatic carboxylic acids is 1. The zero-order valence-electron chi connectivity index (χ0n) is 9.93. The SMILES string of the molecule is C[C@@H]([C]=O)NC(=O)[C@@H](N)CCC(F)C(N)C(=O)O. The monoisotopic (exact) mass is 262 g/mol. The summed E-state index contributed by atoms with van der Waals surface area (Å²) in [6, 6.07) is -3.46. The van der Waals surface area contributed by atoms with E-state index in [0.717, 1.165) is 0 Å². The Labute approximate surface area is 104 Å². The smallest absolute Gasteiger partial charge is 0.323 e. The van der Waals surface area contributed by atoms with E-state index in [1.165, 1.54) is 13.2 Å². The molecule has 1 radical (unpaired) electrons. The number of carbonyl (C=O) groups excluding carboxylic acids is 2. The van der Waals surface area contributed by atoms with Crippen molar-refractivity contribution in [3.05, 3.63) is 0 Å². The van der Waals surface area contributed by atoms with Crippen LogP contribution in [0.3, 0.4) is 0 Å². The molecule has 0 aromatic heterocycles. The lowest BCUT2D eigenvalue weighted by Gasteiger charge is -2.16. The summed E-state index contributed by atoms with van der Waals surface area (Å²) < 4.78 is 13.2. The molecule has 0 aromatic carbocycles. The number of alkyl halides is 1. The van der Waals surface area contributed by atoms with Gasteiger partial charge in [0.2, 0.25) is 12.2 Å². The first-order valence-corrected chi connectivity index (χ1v) is 5.35. The fraction of sp³-hybridized carbons (Fsp3) is 0.700. The topological polar surface area (TPSA) is 136 Å². The highest BCUT2D eigenvalue weighted by molar-refractivity contribution is 5.84. The summed E-state index contributed by atoms with van der Waals surface area (Å²) in [4.78, 5) is 31.9. The molecule has 18 heavy (non-hydrogen) atoms. The van der Waals surface area contributed by atoms with Gasteiger partial charge >= 0.3 is 5.97 Å². The van der Waals surface area contributed by atoms with Gasteiger partial charge in [-0.2, -0.15) is 0 Å². The summed E-state index contributed by atoms with van der Waals surface area (Å²) in [6.45, 7) is 1.41. The van der Waals surface area contributed by atoms with E-state index in [9.17, 15) is 18.8 Å². The van der Waals surface area contributed by atoms with E-state index >= 15 is 0 Å². The minimum Gasteiger partial charge on any atom is -0.480 e. The largest absolute Gasteiger partial charge is 0.480 e. The van der Waals surface area contributed by atoms with Crippen LogP contribution in [0.4, 0.5) is 4.39 Å². The molecule has 0 saturated heterocycles. The Morgan fingerprint density at radius 2 is 1.94 bits per heavy atom. The number of hydrogen-bond acceptors (Lipinski definition) is 5. The predicted octanol–water partition coefficient (Wildman–Crippen LogP) is -1.54. The minimum atomic E-state index is -1.78. The molecule has 0 rings (SSSR count). The van der Waals surface area contributed by atoms with Crippen LogP contribution in [0.15, 0.2) is 0 Å². The summed E-state index contributed by atoms with van der Waals surface area (Å²) in [5.74, 6) is -2.08. The number of carboxylic acid groups (broad SMARTS) is 1. The van der Waals surface area contributed by atoms with Crippen LogP contribution < -0.4 is 16.8 Å². The maximum Gasteiger partial charge on any atom is 0.323 e. The number of nitrogens with one attached hydrogen (secondary N) is 1. The quantitative estimate of drug-likeness (QED) is 0.418. The molecule has 6 N–H and O–H groups in total. The van der Waals surface area contributed by atoms with Crippen LogP contribution in [0.25, 0.3) is 0 Å². The molecule has 0 spiro atoms. The predicted molar refractivity (Wildman–Crippen MR) is 61.0 cm³/mol. The van der Waals surface area contributed by atoms with Gasteiger partial charge in [-0.25, -0.2) is 4.39 Å². The molecular weight excluding hydrogens is 245 g/mol. The van der Waals surface area contributed by atoms with Crippen molar-refractivity contribution >= 4 is 18.2 Å². The molecule has 0 bridgehead atoms. The molecule has 0 heterocycles. The van der Waals surface area contributed by atoms with E-state index in [-0.39, 0.29) is 12.8 Å². The lowest BCUT2D eigenvalue weighted by Crippen LogP contribution is -2.46. The number of halogens is 1. The molecular formula is C10H17FN3O4. The molecule has 0 aliphatic heterocycles. The second-order valence-corrected chi connectivity index (χ2v) is 3.91. The Bertz CT molecular complexity index is 313. The number of nitrogens with two attached hydrogens (primary N) is 2. The highest BCUT2D eigenvalue weighted by Gasteiger charge is 2.25. The lowest BCUT2D eigenvalue weighted by atomic mass is 10.0. The fourth-order valence-corrected chi connectivity index (χ4v) is 1.15. The van der Waals surface area contributed by atoms with Gasteiger partial charge in [-0.1, -0.05) is 0 Å². The van der Waals surface area contributed by atoms with E-state index < -0.39 is 36.2 Å². The molecule has 2 unspecified atom stereocenters. The van der Waals surface area contributed by atoms with Gasteiger partial charge in [-0.05, 0) is 19.8 Å². The molecule has 0 aliphatic rings. The Morgan fingerprint density at radius 3 is 2.39 bits per heavy atom. The number of carbonyl (C=O) groups is 2. The maximum absolute atomic E-state index is 13.2. The van der Waals surface area contributed by atoms with Gasteiger partial charge in [-0.15, -0.1) is 0 Å². The molecule has 0 aliphatic carbocycles. The van der Waals surface area contributed by atoms with E-state index in [4.69, 9.17) is 16.6 Å². The van der Waals surface area contributed by atoms with E-state index in [1.807, 2.05) is 0 Å². The second-order valence-electron chi connectivity index (χ2n) is 3.91. The second kappa shape index (κ2) is 7.72. The van der Waals surface area contributed by atoms with Gasteiger partial charge in [0.15, 0.2) is 0 Å². The van der Waals surface area contributed by atoms with Crippen molar-refractivity contribution < 1.29 is 23.9 Å². The lowest BCUT2D eigenvalue weighted by molar-refractivity contribution is -0.140. The minimum absolute atomic E-state index is 0.0699. The van der Waals surface area contributed by atoms with Crippen molar-refractivity contribution in [1.82, 2.24) is 5.32 Å². The van der Waals surface area contributed by atoms with Crippen LogP contribution in [0, 0.1) is 0 Å². The van der Waals surface area contributed by atoms with Crippen LogP contribution in [0.2, 0.25) is 0 Å². The highest BCUT2D eigenvalue weighted by Crippen LogP contribution is 2.08. The summed E-state index contributed by atoms with van der Waals surface area (Å²) in [5, 5.41) is 10.7. The van der Waals surface area contributed by atoms with Crippen LogP contribution in [-0.2, 0) is 14.4 Å². The third-order valence-electron chi connectivity index (χ3n) is 2.30. The molecule has 1 amide bonds. The first-order valence-electron chi connectivity index (χ1n) is 5.35. The van der Waals surface area contributed by atoms with Crippen LogP contribution in [0.5, 0.6) is 0 Å². The van der Waals surface area contributed by atoms with E-state index in [2.05, 4.69) is 5.32 Å². The summed E-state index contributed by atoms with van der Waals surface area (Å²) in [7, 11) is 0. The summed E-state index contributed by atoms with van der Waals surface area (Å²) >= 11 is 0. The molecule has 0 aromatic rings. The van der Waals surface area contributed by atoms with Crippen molar-refractivity contribution in [1.29, 1.82) is 0 Å². The Balaban J connectivity index is 4.09. The fourth-order valence-electron chi connectivity index (χ4n) is 1.15. The summed E-state index contributed by atoms with van der Waals surface area (Å²) in [5.41, 5.74) is 10.5. The molecule has 7 nitrogen and oxygen atoms in total. The third kappa shape index (κ3) is 5.69. The molecule has 0 fully saturated rings. The molecule has 8 heteroatoms. The first-order chi connectivity index (χ1) is 8.29. The summed E-state index contributed by atoms with van der Waals surface area (Å²) in [6.07, 6.45) is -0.560. The molecule has 4 atom stereocenters. The number of hydrogen-bond donors (Lipinski definition) is 4. The van der Waals surface area contributed by atoms with Gasteiger partial charge in [0.1, 0.15) is 12.2 Å². The van der Waals surface area contributed by atoms with Gasteiger partial charge in [-0.3, -0.25) is 14.4 Å². The first kappa shape index (κ1) is 16.5. The van der Waals surface area contributed by atoms with Gasteiger partial charge < -0.3 is 21.9 Å². The van der Waals surface area contributed by atoms with Gasteiger partial charge in [0, 0.05) is 0 Å². The number of amides is 1. The van der Waals surface area contributed by atoms with Crippen molar-refractivity contribution in [2.45, 2.75) is 44.1 Å². The van der Waals surface area contributed by atoms with E-state index in [1.54, 1.807) is 0 Å². The van der Waals surface area contributed by atoms with Crippen LogP contribution in [-0.4, -0.2) is 47.6 Å². The average Bonchev–Trinajstić information content (AvgIpc) is 2.33. The zero-order valence-corrected chi connectivity index (χ0v) is 9.93. The van der Waals surface area contributed by atoms with Crippen molar-refractivity contribution in [3.63, 3.8) is 0 Å². The number of carboxylic acids is 1. The van der Waals surface area contributed by atoms with Crippen molar-refractivity contribution in [3.8, 4) is 0 Å². The zero-order chi connectivity index (χ0) is 14.3. The average molecular weight is 262 g/mol. The normalized spacial score (nSPS) is 17.3. The Morgan fingerprint density at radius 1 is 1.39 bits per heavy atom. The van der Waals surface area contributed by atoms with Gasteiger partial charge in [0.25, 0.3) is 0 Å². The van der Waals surface area contributed by atoms with Crippen molar-refractivity contribution in [2.75, 3.05) is 0 Å². The van der Waals surface area contributed by atoms with E-state index in [0.29, 0.717) is 0 Å². The molecule has 0 saturated carbocycles. The highest BCUT2D eigenvalue weighted by atomic mass is 19.1. The van der Waals surface area contributed by atoms with Crippen LogP contribution >= 0.6 is 0 Å². The molecule has 103 valence electrons.